The van der Waals surface area contributed by atoms with E-state index >= 15 is 0 Å². The molecule has 0 heteroatoms. The van der Waals surface area contributed by atoms with Crippen LogP contribution in [0.1, 0.15) is 84.0 Å². The fraction of sp³-hybridized carbons (Fsp3) is 0.333. The predicted octanol–water partition coefficient (Wildman–Crippen LogP) is 9.30. The lowest BCUT2D eigenvalue weighted by Gasteiger charge is -2.16. The first kappa shape index (κ1) is 23.3. The van der Waals surface area contributed by atoms with Crippen LogP contribution in [-0.2, 0) is 38.5 Å². The molecule has 0 heterocycles. The largest absolute Gasteiger partial charge is 0.0654 e. The Kier molecular flexibility index (Phi) is 6.53. The van der Waals surface area contributed by atoms with Crippen LogP contribution in [0.2, 0.25) is 0 Å². The Balaban J connectivity index is 1.33. The number of aryl methyl sites for hydroxylation is 4. The molecule has 0 spiro atoms. The summed E-state index contributed by atoms with van der Waals surface area (Å²) in [6.07, 6.45) is 11.9. The average Bonchev–Trinajstić information content (AvgIpc) is 3.50. The molecule has 0 saturated carbocycles. The Labute approximate surface area is 217 Å². The first-order valence-electron chi connectivity index (χ1n) is 14.2. The minimum atomic E-state index is 1.10. The third-order valence-corrected chi connectivity index (χ3v) is 8.56. The Morgan fingerprint density at radius 2 is 0.889 bits per heavy atom. The van der Waals surface area contributed by atoms with Crippen LogP contribution in [0.3, 0.4) is 0 Å². The number of fused-ring (bicyclic) bond motifs is 6. The average molecular weight is 471 g/mol. The SMILES string of the molecule is CCCCc1ccc(CCc2ccc(CCCC)c3c2Cc2ccccc2-3)c2c1-c1ccccc1C2. The molecule has 2 aliphatic carbocycles. The summed E-state index contributed by atoms with van der Waals surface area (Å²) in [5, 5.41) is 0. The molecule has 0 amide bonds. The van der Waals surface area contributed by atoms with Crippen molar-refractivity contribution in [3.8, 4) is 22.3 Å². The van der Waals surface area contributed by atoms with Gasteiger partial charge in [-0.3, -0.25) is 0 Å². The number of rotatable bonds is 9. The van der Waals surface area contributed by atoms with Gasteiger partial charge in [0.1, 0.15) is 0 Å². The normalized spacial score (nSPS) is 12.8. The maximum atomic E-state index is 2.46. The minimum Gasteiger partial charge on any atom is -0.0654 e. The van der Waals surface area contributed by atoms with Crippen LogP contribution < -0.4 is 0 Å². The van der Waals surface area contributed by atoms with Crippen molar-refractivity contribution in [3.05, 3.63) is 117 Å². The second-order valence-electron chi connectivity index (χ2n) is 10.8. The molecule has 0 unspecified atom stereocenters. The molecule has 0 bridgehead atoms. The fourth-order valence-electron chi connectivity index (χ4n) is 6.66. The van der Waals surface area contributed by atoms with E-state index in [1.165, 1.54) is 60.8 Å². The maximum absolute atomic E-state index is 2.46. The minimum absolute atomic E-state index is 1.10. The fourth-order valence-corrected chi connectivity index (χ4v) is 6.66. The lowest BCUT2D eigenvalue weighted by molar-refractivity contribution is 0.794. The summed E-state index contributed by atoms with van der Waals surface area (Å²) in [5.41, 5.74) is 18.5. The summed E-state index contributed by atoms with van der Waals surface area (Å²) in [6.45, 7) is 4.60. The van der Waals surface area contributed by atoms with Gasteiger partial charge in [0.25, 0.3) is 0 Å². The van der Waals surface area contributed by atoms with Gasteiger partial charge in [0.15, 0.2) is 0 Å². The lowest BCUT2D eigenvalue weighted by Crippen LogP contribution is -2.02. The van der Waals surface area contributed by atoms with Gasteiger partial charge >= 0.3 is 0 Å². The third kappa shape index (κ3) is 4.11. The number of hydrogen-bond donors (Lipinski definition) is 0. The van der Waals surface area contributed by atoms with Gasteiger partial charge < -0.3 is 0 Å². The van der Waals surface area contributed by atoms with E-state index in [1.807, 2.05) is 0 Å². The molecule has 6 rings (SSSR count). The smallest absolute Gasteiger partial charge is 0.00106 e. The van der Waals surface area contributed by atoms with Crippen LogP contribution in [0, 0.1) is 0 Å². The van der Waals surface area contributed by atoms with Crippen molar-refractivity contribution in [1.82, 2.24) is 0 Å². The van der Waals surface area contributed by atoms with Gasteiger partial charge in [-0.05, 0) is 118 Å². The molecule has 0 atom stereocenters. The van der Waals surface area contributed by atoms with Gasteiger partial charge in [0.2, 0.25) is 0 Å². The van der Waals surface area contributed by atoms with Crippen LogP contribution in [0.5, 0.6) is 0 Å². The molecule has 0 fully saturated rings. The second kappa shape index (κ2) is 10.1. The van der Waals surface area contributed by atoms with Gasteiger partial charge in [-0.1, -0.05) is 99.5 Å². The van der Waals surface area contributed by atoms with Gasteiger partial charge in [-0.15, -0.1) is 0 Å². The Hall–Kier alpha value is -3.12. The van der Waals surface area contributed by atoms with Crippen molar-refractivity contribution >= 4 is 0 Å². The molecule has 0 saturated heterocycles. The first-order chi connectivity index (χ1) is 17.8. The molecule has 0 aliphatic heterocycles. The topological polar surface area (TPSA) is 0 Å². The predicted molar refractivity (Wildman–Crippen MR) is 154 cm³/mol. The van der Waals surface area contributed by atoms with Crippen molar-refractivity contribution in [2.75, 3.05) is 0 Å². The van der Waals surface area contributed by atoms with E-state index in [1.54, 1.807) is 44.5 Å². The van der Waals surface area contributed by atoms with Gasteiger partial charge in [-0.2, -0.15) is 0 Å². The zero-order chi connectivity index (χ0) is 24.5. The molecule has 36 heavy (non-hydrogen) atoms. The molecule has 2 aliphatic rings. The summed E-state index contributed by atoms with van der Waals surface area (Å²) in [7, 11) is 0. The van der Waals surface area contributed by atoms with Crippen LogP contribution in [-0.4, -0.2) is 0 Å². The Morgan fingerprint density at radius 1 is 0.472 bits per heavy atom. The van der Waals surface area contributed by atoms with Crippen LogP contribution in [0.25, 0.3) is 22.3 Å². The van der Waals surface area contributed by atoms with Crippen molar-refractivity contribution in [2.45, 2.75) is 78.1 Å². The highest BCUT2D eigenvalue weighted by Crippen LogP contribution is 2.43. The van der Waals surface area contributed by atoms with E-state index in [-0.39, 0.29) is 0 Å². The summed E-state index contributed by atoms with van der Waals surface area (Å²) >= 11 is 0. The van der Waals surface area contributed by atoms with E-state index < -0.39 is 0 Å². The van der Waals surface area contributed by atoms with Crippen molar-refractivity contribution in [3.63, 3.8) is 0 Å². The Morgan fingerprint density at radius 3 is 1.33 bits per heavy atom. The lowest BCUT2D eigenvalue weighted by atomic mass is 9.88. The summed E-state index contributed by atoms with van der Waals surface area (Å²) in [4.78, 5) is 0. The van der Waals surface area contributed by atoms with Crippen LogP contribution >= 0.6 is 0 Å². The number of benzene rings is 4. The molecule has 0 radical (unpaired) electrons. The highest BCUT2D eigenvalue weighted by molar-refractivity contribution is 5.82. The van der Waals surface area contributed by atoms with Crippen LogP contribution in [0.15, 0.2) is 72.8 Å². The highest BCUT2D eigenvalue weighted by Gasteiger charge is 2.26. The summed E-state index contributed by atoms with van der Waals surface area (Å²) < 4.78 is 0. The summed E-state index contributed by atoms with van der Waals surface area (Å²) in [5.74, 6) is 0. The second-order valence-corrected chi connectivity index (χ2v) is 10.8. The van der Waals surface area contributed by atoms with Crippen molar-refractivity contribution in [1.29, 1.82) is 0 Å². The number of hydrogen-bond acceptors (Lipinski definition) is 0. The van der Waals surface area contributed by atoms with Crippen molar-refractivity contribution in [2.24, 2.45) is 0 Å². The van der Waals surface area contributed by atoms with E-state index in [9.17, 15) is 0 Å². The molecular formula is C36H38. The molecular weight excluding hydrogens is 432 g/mol. The zero-order valence-electron chi connectivity index (χ0n) is 22.0. The first-order valence-corrected chi connectivity index (χ1v) is 14.2. The van der Waals surface area contributed by atoms with E-state index in [0.29, 0.717) is 0 Å². The molecule has 0 N–H and O–H groups in total. The molecule has 0 aromatic heterocycles. The number of unbranched alkanes of at least 4 members (excludes halogenated alkanes) is 2. The van der Waals surface area contributed by atoms with Crippen molar-refractivity contribution < 1.29 is 0 Å². The zero-order valence-corrected chi connectivity index (χ0v) is 22.0. The highest BCUT2D eigenvalue weighted by atomic mass is 14.3. The molecule has 182 valence electrons. The van der Waals surface area contributed by atoms with E-state index in [2.05, 4.69) is 86.6 Å². The standard InChI is InChI=1S/C36H38/c1-3-5-11-27-21-19-25(33-23-29-13-7-9-15-31(29)35(27)33)17-18-26-20-22-28(12-6-4-2)36-32-16-10-8-14-30(32)24-34(26)36/h7-10,13-16,19-22H,3-6,11-12,17-18,23-24H2,1-2H3. The monoisotopic (exact) mass is 470 g/mol. The quantitative estimate of drug-likeness (QED) is 0.197. The molecule has 0 nitrogen and oxygen atoms in total. The van der Waals surface area contributed by atoms with E-state index in [0.717, 1.165) is 25.7 Å². The summed E-state index contributed by atoms with van der Waals surface area (Å²) in [6, 6.07) is 28.0. The maximum Gasteiger partial charge on any atom is -0.00106 e. The van der Waals surface area contributed by atoms with Crippen LogP contribution in [0.4, 0.5) is 0 Å². The van der Waals surface area contributed by atoms with E-state index in [4.69, 9.17) is 0 Å². The third-order valence-electron chi connectivity index (χ3n) is 8.56. The molecule has 4 aromatic carbocycles. The van der Waals surface area contributed by atoms with Gasteiger partial charge in [0, 0.05) is 0 Å². The van der Waals surface area contributed by atoms with Gasteiger partial charge in [-0.25, -0.2) is 0 Å². The van der Waals surface area contributed by atoms with Gasteiger partial charge in [0.05, 0.1) is 0 Å². The Bertz CT molecular complexity index is 1290. The molecule has 4 aromatic rings.